The van der Waals surface area contributed by atoms with Gasteiger partial charge in [0.25, 0.3) is 0 Å². The molecule has 0 saturated carbocycles. The van der Waals surface area contributed by atoms with E-state index in [-0.39, 0.29) is 0 Å². The minimum atomic E-state index is 0.918. The monoisotopic (exact) mass is 288 g/mol. The maximum atomic E-state index is 4.35. The van der Waals surface area contributed by atoms with Gasteiger partial charge in [0.15, 0.2) is 0 Å². The van der Waals surface area contributed by atoms with Crippen LogP contribution in [0.3, 0.4) is 0 Å². The molecule has 0 spiro atoms. The van der Waals surface area contributed by atoms with E-state index in [9.17, 15) is 0 Å². The van der Waals surface area contributed by atoms with E-state index in [1.54, 1.807) is 6.33 Å². The summed E-state index contributed by atoms with van der Waals surface area (Å²) in [6, 6.07) is 2.10. The molecule has 0 unspecified atom stereocenters. The summed E-state index contributed by atoms with van der Waals surface area (Å²) in [6.45, 7) is 5.30. The average Bonchev–Trinajstić information content (AvgIpc) is 2.86. The van der Waals surface area contributed by atoms with Crippen LogP contribution in [-0.2, 0) is 0 Å². The van der Waals surface area contributed by atoms with Gasteiger partial charge in [-0.1, -0.05) is 51.9 Å². The number of hydrogen-bond acceptors (Lipinski definition) is 3. The molecule has 2 N–H and O–H groups in total. The number of anilines is 1. The number of unbranched alkanes of at least 4 members (excludes halogenated alkanes) is 7. The van der Waals surface area contributed by atoms with Crippen molar-refractivity contribution in [2.24, 2.45) is 0 Å². The highest BCUT2D eigenvalue weighted by molar-refractivity contribution is 5.87. The Labute approximate surface area is 127 Å². The highest BCUT2D eigenvalue weighted by Crippen LogP contribution is 2.19. The van der Waals surface area contributed by atoms with E-state index in [1.165, 1.54) is 51.4 Å². The van der Waals surface area contributed by atoms with Gasteiger partial charge < -0.3 is 10.3 Å². The van der Waals surface area contributed by atoms with E-state index in [0.29, 0.717) is 0 Å². The molecule has 2 aromatic heterocycles. The Morgan fingerprint density at radius 1 is 1.00 bits per heavy atom. The predicted octanol–water partition coefficient (Wildman–Crippen LogP) is 4.82. The quantitative estimate of drug-likeness (QED) is 0.616. The second-order valence-electron chi connectivity index (χ2n) is 5.84. The van der Waals surface area contributed by atoms with Crippen molar-refractivity contribution in [2.75, 3.05) is 11.9 Å². The summed E-state index contributed by atoms with van der Waals surface area (Å²) in [5.41, 5.74) is 2.04. The lowest BCUT2D eigenvalue weighted by Crippen LogP contribution is -2.03. The van der Waals surface area contributed by atoms with E-state index in [2.05, 4.69) is 33.3 Å². The van der Waals surface area contributed by atoms with Crippen LogP contribution in [-0.4, -0.2) is 21.5 Å². The number of aromatic amines is 1. The van der Waals surface area contributed by atoms with Gasteiger partial charge in [-0.3, -0.25) is 0 Å². The normalized spacial score (nSPS) is 11.1. The summed E-state index contributed by atoms with van der Waals surface area (Å²) in [5, 5.41) is 4.53. The molecule has 2 aromatic rings. The van der Waals surface area contributed by atoms with Crippen molar-refractivity contribution in [3.8, 4) is 0 Å². The molecule has 0 aliphatic rings. The van der Waals surface area contributed by atoms with Gasteiger partial charge in [-0.25, -0.2) is 9.97 Å². The third-order valence-electron chi connectivity index (χ3n) is 3.88. The SMILES string of the molecule is CCCCCCCCCCNc1ncnc2[nH]c(C)cc12. The standard InChI is InChI=1S/C17H28N4/c1-3-4-5-6-7-8-9-10-11-18-16-15-12-14(2)21-17(15)20-13-19-16/h12-13H,3-11H2,1-2H3,(H2,18,19,20,21). The number of rotatable bonds is 10. The average molecular weight is 288 g/mol. The summed E-state index contributed by atoms with van der Waals surface area (Å²) >= 11 is 0. The number of aryl methyl sites for hydroxylation is 1. The Bertz CT molecular complexity index is 533. The largest absolute Gasteiger partial charge is 0.369 e. The molecule has 0 aliphatic carbocycles. The Kier molecular flexibility index (Phi) is 6.51. The van der Waals surface area contributed by atoms with E-state index < -0.39 is 0 Å². The topological polar surface area (TPSA) is 53.6 Å². The van der Waals surface area contributed by atoms with E-state index >= 15 is 0 Å². The fourth-order valence-electron chi connectivity index (χ4n) is 2.68. The van der Waals surface area contributed by atoms with Gasteiger partial charge >= 0.3 is 0 Å². The number of fused-ring (bicyclic) bond motifs is 1. The van der Waals surface area contributed by atoms with Gasteiger partial charge in [-0.05, 0) is 19.4 Å². The molecule has 21 heavy (non-hydrogen) atoms. The first kappa shape index (κ1) is 15.8. The number of nitrogens with one attached hydrogen (secondary N) is 2. The Balaban J connectivity index is 1.64. The zero-order valence-electron chi connectivity index (χ0n) is 13.4. The number of nitrogens with zero attached hydrogens (tertiary/aromatic N) is 2. The third kappa shape index (κ3) is 5.03. The molecule has 0 fully saturated rings. The molecule has 0 bridgehead atoms. The van der Waals surface area contributed by atoms with Crippen molar-refractivity contribution in [2.45, 2.75) is 65.2 Å². The lowest BCUT2D eigenvalue weighted by atomic mass is 10.1. The van der Waals surface area contributed by atoms with Crippen LogP contribution in [0.5, 0.6) is 0 Å². The summed E-state index contributed by atoms with van der Waals surface area (Å²) < 4.78 is 0. The molecule has 0 amide bonds. The van der Waals surface area contributed by atoms with Crippen LogP contribution in [0.4, 0.5) is 5.82 Å². The number of hydrogen-bond donors (Lipinski definition) is 2. The van der Waals surface area contributed by atoms with Gasteiger partial charge in [-0.15, -0.1) is 0 Å². The fraction of sp³-hybridized carbons (Fsp3) is 0.647. The highest BCUT2D eigenvalue weighted by Gasteiger charge is 2.05. The first-order valence-corrected chi connectivity index (χ1v) is 8.35. The molecule has 4 nitrogen and oxygen atoms in total. The van der Waals surface area contributed by atoms with Crippen LogP contribution >= 0.6 is 0 Å². The van der Waals surface area contributed by atoms with Crippen LogP contribution in [0.2, 0.25) is 0 Å². The van der Waals surface area contributed by atoms with Crippen molar-refractivity contribution < 1.29 is 0 Å². The molecule has 0 aliphatic heterocycles. The lowest BCUT2D eigenvalue weighted by molar-refractivity contribution is 0.581. The van der Waals surface area contributed by atoms with Gasteiger partial charge in [0.05, 0.1) is 5.39 Å². The molecule has 0 radical (unpaired) electrons. The Morgan fingerprint density at radius 3 is 2.48 bits per heavy atom. The highest BCUT2D eigenvalue weighted by atomic mass is 15.0. The van der Waals surface area contributed by atoms with Crippen LogP contribution < -0.4 is 5.32 Å². The molecular formula is C17H28N4. The number of aromatic nitrogens is 3. The van der Waals surface area contributed by atoms with Gasteiger partial charge in [0.1, 0.15) is 17.8 Å². The minimum absolute atomic E-state index is 0.918. The van der Waals surface area contributed by atoms with Crippen LogP contribution in [0.25, 0.3) is 11.0 Å². The maximum Gasteiger partial charge on any atom is 0.143 e. The molecule has 0 atom stereocenters. The Hall–Kier alpha value is -1.58. The first-order chi connectivity index (χ1) is 10.3. The van der Waals surface area contributed by atoms with Crippen LogP contribution in [0.1, 0.15) is 64.0 Å². The lowest BCUT2D eigenvalue weighted by Gasteiger charge is -2.06. The van der Waals surface area contributed by atoms with Crippen molar-refractivity contribution in [1.82, 2.24) is 15.0 Å². The molecule has 4 heteroatoms. The molecular weight excluding hydrogens is 260 g/mol. The molecule has 0 saturated heterocycles. The third-order valence-corrected chi connectivity index (χ3v) is 3.88. The smallest absolute Gasteiger partial charge is 0.143 e. The minimum Gasteiger partial charge on any atom is -0.369 e. The van der Waals surface area contributed by atoms with Crippen molar-refractivity contribution in [1.29, 1.82) is 0 Å². The molecule has 0 aromatic carbocycles. The zero-order chi connectivity index (χ0) is 14.9. The van der Waals surface area contributed by atoms with Gasteiger partial charge in [0.2, 0.25) is 0 Å². The molecule has 2 rings (SSSR count). The number of H-pyrrole nitrogens is 1. The summed E-state index contributed by atoms with van der Waals surface area (Å²) in [7, 11) is 0. The van der Waals surface area contributed by atoms with E-state index in [1.807, 2.05) is 6.92 Å². The first-order valence-electron chi connectivity index (χ1n) is 8.35. The fourth-order valence-corrected chi connectivity index (χ4v) is 2.68. The predicted molar refractivity (Wildman–Crippen MR) is 89.7 cm³/mol. The van der Waals surface area contributed by atoms with Gasteiger partial charge in [0, 0.05) is 12.2 Å². The summed E-state index contributed by atoms with van der Waals surface area (Å²) in [4.78, 5) is 11.8. The summed E-state index contributed by atoms with van der Waals surface area (Å²) in [5.74, 6) is 0.951. The summed E-state index contributed by atoms with van der Waals surface area (Å²) in [6.07, 6.45) is 12.4. The zero-order valence-corrected chi connectivity index (χ0v) is 13.4. The van der Waals surface area contributed by atoms with Crippen molar-refractivity contribution in [3.63, 3.8) is 0 Å². The van der Waals surface area contributed by atoms with Crippen LogP contribution in [0.15, 0.2) is 12.4 Å². The van der Waals surface area contributed by atoms with Gasteiger partial charge in [-0.2, -0.15) is 0 Å². The maximum absolute atomic E-state index is 4.35. The van der Waals surface area contributed by atoms with Crippen LogP contribution in [0, 0.1) is 6.92 Å². The second kappa shape index (κ2) is 8.65. The molecule has 2 heterocycles. The van der Waals surface area contributed by atoms with E-state index in [4.69, 9.17) is 0 Å². The molecule has 116 valence electrons. The van der Waals surface area contributed by atoms with Crippen molar-refractivity contribution in [3.05, 3.63) is 18.1 Å². The van der Waals surface area contributed by atoms with Crippen molar-refractivity contribution >= 4 is 16.9 Å². The second-order valence-corrected chi connectivity index (χ2v) is 5.84. The van der Waals surface area contributed by atoms with E-state index in [0.717, 1.165) is 29.1 Å². The Morgan fingerprint density at radius 2 is 1.71 bits per heavy atom.